The second-order valence-electron chi connectivity index (χ2n) is 29.7. The van der Waals surface area contributed by atoms with Gasteiger partial charge in [0.25, 0.3) is 0 Å². The van der Waals surface area contributed by atoms with Gasteiger partial charge in [-0.3, -0.25) is 28.8 Å². The number of benzene rings is 3. The Balaban J connectivity index is 0.863. The van der Waals surface area contributed by atoms with E-state index in [1.807, 2.05) is 73.6 Å². The smallest absolute Gasteiger partial charge is 0.0176 e. The van der Waals surface area contributed by atoms with Crippen LogP contribution in [0, 0.1) is 41.4 Å². The summed E-state index contributed by atoms with van der Waals surface area (Å²) in [4.78, 5) is 113. The molecule has 92 heavy (non-hydrogen) atoms. The number of ketones is 4. The molecule has 3 aromatic carbocycles. The average molecular weight is 1340 g/mol. The molecule has 7 N–H and O–H groups in total. The molecule has 19 heteroatoms. The van der Waals surface area contributed by atoms with Gasteiger partial charge < -0.3 is 26.2 Å². The second kappa shape index (κ2) is 32.1. The Morgan fingerprint density at radius 1 is 0.543 bits per heavy atom. The van der Waals surface area contributed by atoms with Crippen LogP contribution in [0.15, 0.2) is 54.6 Å². The van der Waals surface area contributed by atoms with Gasteiger partial charge >= 0.3 is 250 Å². The van der Waals surface area contributed by atoms with Crippen molar-refractivity contribution in [1.82, 2.24) is 16.0 Å². The quantitative estimate of drug-likeness (QED) is 0.0125. The molecule has 2 saturated heterocycles. The van der Waals surface area contributed by atoms with Crippen molar-refractivity contribution < 1.29 is 63.5 Å². The van der Waals surface area contributed by atoms with Gasteiger partial charge in [0.05, 0.1) is 24.3 Å². The predicted molar refractivity (Wildman–Crippen MR) is 361 cm³/mol. The molecule has 7 atom stereocenters. The average Bonchev–Trinajstić information content (AvgIpc) is 1.34. The number of anilines is 2. The summed E-state index contributed by atoms with van der Waals surface area (Å²) in [6.45, 7) is 22.8. The number of amides is 3. The Morgan fingerprint density at radius 2 is 1.03 bits per heavy atom. The number of hydrogen-bond donors (Lipinski definition) is 7. The molecule has 1 spiro atoms. The summed E-state index contributed by atoms with van der Waals surface area (Å²) in [7, 11) is 0. The molecular formula is C73H107GeN5O13. The molecule has 4 aliphatic rings. The Hall–Kier alpha value is -5.80. The number of rotatable bonds is 36. The van der Waals surface area contributed by atoms with Crippen LogP contribution in [-0.2, 0) is 39.1 Å². The maximum Gasteiger partial charge on any atom is -0.0176 e. The number of fused-ring (bicyclic) bond motifs is 6. The van der Waals surface area contributed by atoms with E-state index in [9.17, 15) is 58.8 Å². The second-order valence-corrected chi connectivity index (χ2v) is 38.8. The number of nitrogens with zero attached hydrogens (tertiary/aromatic N) is 2. The molecule has 4 heterocycles. The largest absolute Gasteiger partial charge is 0.0620 e. The van der Waals surface area contributed by atoms with Crippen LogP contribution >= 0.6 is 0 Å². The molecule has 0 aromatic heterocycles. The Morgan fingerprint density at radius 3 is 1.52 bits per heavy atom. The molecule has 0 saturated carbocycles. The molecule has 506 valence electrons. The first-order chi connectivity index (χ1) is 43.3. The standard InChI is InChI=1S/C73H107GeN5O13/c1-42(2)28-52(81)35-57(45(7)8)70(89)77-68(46(9)10)71(90)76-64(30-44(5)6)67(87)37-53(82)31-47(11)69(88)75-63(29-43(3)4)66(86)36-51(80)20-18-16-14-15-17-19-21-65(85)48-22-25-56-60(32-48)73(92-72(56)91)58-26-23-49(78-38-54(83)39-78)33-61(58)74(12,13)62-34-50(24-27-59(62)73)79-40-55(84)41-79/h22-27,32-34,42-47,54-55,57,63-64,66-68,83-84,86-87H,14-21,28-31,35-41H2,1-13H3,(H,75,88)(H,76,90)(H,77,89)/t47-,57+,63+,64+,66+,67+,68+/m1/s1. The fourth-order valence-electron chi connectivity index (χ4n) is 13.8. The van der Waals surface area contributed by atoms with Crippen LogP contribution in [0.4, 0.5) is 11.4 Å². The molecule has 0 bridgehead atoms. The predicted octanol–water partition coefficient (Wildman–Crippen LogP) is 8.10. The molecule has 7 rings (SSSR count). The van der Waals surface area contributed by atoms with Gasteiger partial charge in [-0.1, -0.05) is 82.6 Å². The van der Waals surface area contributed by atoms with E-state index < -0.39 is 84.6 Å². The van der Waals surface area contributed by atoms with Crippen LogP contribution < -0.4 is 34.5 Å². The summed E-state index contributed by atoms with van der Waals surface area (Å²) >= 11 is -3.15. The Bertz CT molecular complexity index is 3060. The van der Waals surface area contributed by atoms with E-state index in [0.717, 1.165) is 48.2 Å². The van der Waals surface area contributed by atoms with E-state index in [1.165, 1.54) is 8.79 Å². The first-order valence-electron chi connectivity index (χ1n) is 34.2. The molecule has 4 aliphatic heterocycles. The third-order valence-corrected chi connectivity index (χ3v) is 26.6. The molecule has 3 aromatic rings. The fourth-order valence-corrected chi connectivity index (χ4v) is 20.5. The molecule has 0 unspecified atom stereocenters. The fraction of sp³-hybridized carbons (Fsp3) is 0.644. The van der Waals surface area contributed by atoms with Gasteiger partial charge in [-0.05, 0) is 48.9 Å². The van der Waals surface area contributed by atoms with E-state index in [-0.39, 0.29) is 97.2 Å². The van der Waals surface area contributed by atoms with Crippen LogP contribution in [0.2, 0.25) is 11.5 Å². The van der Waals surface area contributed by atoms with E-state index in [2.05, 4.69) is 61.5 Å². The van der Waals surface area contributed by atoms with Crippen LogP contribution in [-0.4, -0.2) is 149 Å². The minimum Gasteiger partial charge on any atom is -0.0620 e. The van der Waals surface area contributed by atoms with Crippen LogP contribution in [0.5, 0.6) is 0 Å². The summed E-state index contributed by atoms with van der Waals surface area (Å²) < 4.78 is 8.99. The monoisotopic (exact) mass is 1340 g/mol. The van der Waals surface area contributed by atoms with Crippen molar-refractivity contribution in [1.29, 1.82) is 0 Å². The summed E-state index contributed by atoms with van der Waals surface area (Å²) in [6, 6.07) is 15.5. The van der Waals surface area contributed by atoms with Gasteiger partial charge in [-0.15, -0.1) is 0 Å². The maximum absolute atomic E-state index is 14.0. The Kier molecular flexibility index (Phi) is 25.7. The number of β-amino-alcohol motifs (C(OH)–C–C–N with tert-alkyl or cyclic N) is 2. The van der Waals surface area contributed by atoms with Crippen molar-refractivity contribution in [2.45, 2.75) is 232 Å². The number of Topliss-reactive ketones (excluding diaryl/α,β-unsaturated/α-hetero) is 4. The summed E-state index contributed by atoms with van der Waals surface area (Å²) in [5.41, 5.74) is 4.21. The third kappa shape index (κ3) is 18.2. The molecule has 0 radical (unpaired) electrons. The van der Waals surface area contributed by atoms with Gasteiger partial charge in [0, 0.05) is 50.4 Å². The number of esters is 1. The summed E-state index contributed by atoms with van der Waals surface area (Å²) in [5.74, 6) is 0.686. The third-order valence-electron chi connectivity index (χ3n) is 19.2. The van der Waals surface area contributed by atoms with Crippen LogP contribution in [0.1, 0.15) is 210 Å². The van der Waals surface area contributed by atoms with Gasteiger partial charge in [0.2, 0.25) is 17.7 Å². The van der Waals surface area contributed by atoms with E-state index in [4.69, 9.17) is 4.74 Å². The van der Waals surface area contributed by atoms with Crippen molar-refractivity contribution in [3.8, 4) is 0 Å². The van der Waals surface area contributed by atoms with Gasteiger partial charge in [0.15, 0.2) is 0 Å². The number of carbonyl (C=O) groups excluding carboxylic acids is 8. The van der Waals surface area contributed by atoms with E-state index in [1.54, 1.807) is 32.9 Å². The zero-order chi connectivity index (χ0) is 67.7. The number of aliphatic hydroxyl groups is 4. The zero-order valence-corrected chi connectivity index (χ0v) is 59.2. The number of ether oxygens (including phenoxy) is 1. The minimum atomic E-state index is -3.15. The molecule has 18 nitrogen and oxygen atoms in total. The van der Waals surface area contributed by atoms with E-state index >= 15 is 0 Å². The number of carbonyl (C=O) groups is 8. The first-order valence-corrected chi connectivity index (χ1v) is 40.5. The molecule has 0 aliphatic carbocycles. The van der Waals surface area contributed by atoms with Crippen molar-refractivity contribution in [3.05, 3.63) is 82.4 Å². The van der Waals surface area contributed by atoms with Crippen LogP contribution in [0.3, 0.4) is 0 Å². The van der Waals surface area contributed by atoms with Crippen molar-refractivity contribution in [2.24, 2.45) is 41.4 Å². The summed E-state index contributed by atoms with van der Waals surface area (Å²) in [6.07, 6.45) is 2.53. The molecule has 3 amide bonds. The van der Waals surface area contributed by atoms with Crippen molar-refractivity contribution in [2.75, 3.05) is 36.0 Å². The SMILES string of the molecule is CC(C)CC(=O)C[C@H](C(=O)N[C@H](C(=O)N[C@@H](CC(C)C)[C@@H](O)CC(=O)C[C@@H](C)C(=O)N[C@@H](CC(C)C)[C@@H](O)CC(=O)CCCCCCCCC(=O)c1ccc2c(c1)C1(OC2=O)c2ccc(N3CC(O)C3)c[c]2[Ge]([CH3])([CH3])[c]2cc(N3CC(O)C3)ccc21)C(C)C)C(C)C. The van der Waals surface area contributed by atoms with Gasteiger partial charge in [0.1, 0.15) is 23.4 Å². The first kappa shape index (κ1) is 73.6. The van der Waals surface area contributed by atoms with Gasteiger partial charge in [-0.2, -0.15) is 0 Å². The molecule has 2 fully saturated rings. The topological polar surface area (TPSA) is 269 Å². The Labute approximate surface area is 548 Å². The normalized spacial score (nSPS) is 18.1. The molecular weight excluding hydrogens is 1230 g/mol. The number of unbranched alkanes of at least 4 members (excludes halogenated alkanes) is 5. The summed E-state index contributed by atoms with van der Waals surface area (Å²) in [5, 5.41) is 51.9. The van der Waals surface area contributed by atoms with Gasteiger partial charge in [-0.25, -0.2) is 0 Å². The number of hydrogen-bond acceptors (Lipinski definition) is 15. The maximum atomic E-state index is 14.0. The zero-order valence-electron chi connectivity index (χ0n) is 57.1. The van der Waals surface area contributed by atoms with E-state index in [0.29, 0.717) is 81.4 Å². The minimum absolute atomic E-state index is 0.0136. The number of aliphatic hydroxyl groups excluding tert-OH is 4. The van der Waals surface area contributed by atoms with Crippen LogP contribution in [0.25, 0.3) is 0 Å². The van der Waals surface area contributed by atoms with Crippen molar-refractivity contribution in [3.63, 3.8) is 0 Å². The van der Waals surface area contributed by atoms with Crippen molar-refractivity contribution >= 4 is 80.3 Å². The number of nitrogens with one attached hydrogen (secondary N) is 3.